The molecule has 0 radical (unpaired) electrons. The molecule has 0 spiro atoms. The average Bonchev–Trinajstić information content (AvgIpc) is 3.00. The van der Waals surface area contributed by atoms with Gasteiger partial charge in [0.1, 0.15) is 0 Å². The number of hydrogen-bond acceptors (Lipinski definition) is 4. The van der Waals surface area contributed by atoms with Gasteiger partial charge in [-0.1, -0.05) is 18.6 Å². The molecule has 0 aliphatic carbocycles. The molecule has 2 N–H and O–H groups in total. The van der Waals surface area contributed by atoms with Crippen molar-refractivity contribution in [3.63, 3.8) is 0 Å². The monoisotopic (exact) mass is 356 g/mol. The number of nitrogens with zero attached hydrogens (tertiary/aromatic N) is 3. The van der Waals surface area contributed by atoms with Gasteiger partial charge in [-0.15, -0.1) is 0 Å². The van der Waals surface area contributed by atoms with Gasteiger partial charge >= 0.3 is 0 Å². The second-order valence-corrected chi connectivity index (χ2v) is 7.01. The third-order valence-electron chi connectivity index (χ3n) is 5.09. The Labute approximate surface area is 154 Å². The summed E-state index contributed by atoms with van der Waals surface area (Å²) >= 11 is 0. The van der Waals surface area contributed by atoms with Crippen molar-refractivity contribution >= 4 is 5.91 Å². The van der Waals surface area contributed by atoms with Gasteiger partial charge < -0.3 is 10.4 Å². The highest BCUT2D eigenvalue weighted by Crippen LogP contribution is 2.23. The van der Waals surface area contributed by atoms with Crippen molar-refractivity contribution in [3.05, 3.63) is 41.7 Å². The Bertz CT molecular complexity index is 756. The number of likely N-dealkylation sites (tertiary alicyclic amines) is 1. The number of carbonyl (C=O) groups excluding carboxylic acids is 1. The van der Waals surface area contributed by atoms with Gasteiger partial charge in [-0.2, -0.15) is 5.10 Å². The standard InChI is InChI=1S/C20H28N4O2/c1-15-19(13-23(2)22-15)16-6-5-7-17(12-16)20(26)21-9-11-24-10-4-3-8-18(24)14-25/h5-7,12-13,18,25H,3-4,8-11,14H2,1-2H3,(H,21,26)/t18-/m0/s1. The first-order valence-corrected chi connectivity index (χ1v) is 9.32. The first kappa shape index (κ1) is 18.6. The van der Waals surface area contributed by atoms with Crippen LogP contribution in [0.2, 0.25) is 0 Å². The normalized spacial score (nSPS) is 18.0. The Balaban J connectivity index is 1.60. The van der Waals surface area contributed by atoms with Crippen molar-refractivity contribution in [2.24, 2.45) is 7.05 Å². The lowest BCUT2D eigenvalue weighted by atomic mass is 10.0. The second kappa shape index (κ2) is 8.47. The number of rotatable bonds is 6. The average molecular weight is 356 g/mol. The summed E-state index contributed by atoms with van der Waals surface area (Å²) in [4.78, 5) is 14.8. The molecule has 1 amide bonds. The fraction of sp³-hybridized carbons (Fsp3) is 0.500. The molecule has 1 atom stereocenters. The lowest BCUT2D eigenvalue weighted by Gasteiger charge is -2.34. The molecule has 1 aromatic carbocycles. The number of aliphatic hydroxyl groups is 1. The molecule has 1 aliphatic heterocycles. The van der Waals surface area contributed by atoms with Crippen LogP contribution in [0.3, 0.4) is 0 Å². The van der Waals surface area contributed by atoms with Crippen LogP contribution in [0, 0.1) is 6.92 Å². The molecule has 0 unspecified atom stereocenters. The van der Waals surface area contributed by atoms with Gasteiger partial charge in [0.2, 0.25) is 0 Å². The highest BCUT2D eigenvalue weighted by molar-refractivity contribution is 5.95. The molecule has 0 saturated carbocycles. The Hall–Kier alpha value is -2.18. The molecule has 1 fully saturated rings. The molecule has 1 aromatic heterocycles. The molecule has 3 rings (SSSR count). The van der Waals surface area contributed by atoms with Crippen molar-refractivity contribution in [2.45, 2.75) is 32.2 Å². The minimum atomic E-state index is -0.0639. The zero-order chi connectivity index (χ0) is 18.5. The Morgan fingerprint density at radius 1 is 1.38 bits per heavy atom. The summed E-state index contributed by atoms with van der Waals surface area (Å²) < 4.78 is 1.79. The maximum absolute atomic E-state index is 12.5. The Kier molecular flexibility index (Phi) is 6.06. The minimum absolute atomic E-state index is 0.0639. The number of amides is 1. The van der Waals surface area contributed by atoms with E-state index in [0.29, 0.717) is 12.1 Å². The summed E-state index contributed by atoms with van der Waals surface area (Å²) in [5.74, 6) is -0.0639. The van der Waals surface area contributed by atoms with Gasteiger partial charge in [0.05, 0.1) is 12.3 Å². The first-order chi connectivity index (χ1) is 12.6. The SMILES string of the molecule is Cc1nn(C)cc1-c1cccc(C(=O)NCCN2CCCC[C@H]2CO)c1. The number of piperidine rings is 1. The Morgan fingerprint density at radius 2 is 2.23 bits per heavy atom. The quantitative estimate of drug-likeness (QED) is 0.830. The van der Waals surface area contributed by atoms with Crippen LogP contribution >= 0.6 is 0 Å². The molecule has 140 valence electrons. The predicted molar refractivity (Wildman–Crippen MR) is 102 cm³/mol. The van der Waals surface area contributed by atoms with Crippen molar-refractivity contribution in [2.75, 3.05) is 26.2 Å². The van der Waals surface area contributed by atoms with E-state index in [2.05, 4.69) is 15.3 Å². The molecule has 6 nitrogen and oxygen atoms in total. The smallest absolute Gasteiger partial charge is 0.251 e. The lowest BCUT2D eigenvalue weighted by Crippen LogP contribution is -2.45. The number of aryl methyl sites for hydroxylation is 2. The highest BCUT2D eigenvalue weighted by Gasteiger charge is 2.21. The predicted octanol–water partition coefficient (Wildman–Crippen LogP) is 1.97. The van der Waals surface area contributed by atoms with Gasteiger partial charge in [-0.25, -0.2) is 0 Å². The summed E-state index contributed by atoms with van der Waals surface area (Å²) in [7, 11) is 1.90. The van der Waals surface area contributed by atoms with Crippen LogP contribution < -0.4 is 5.32 Å². The number of aromatic nitrogens is 2. The molecule has 6 heteroatoms. The summed E-state index contributed by atoms with van der Waals surface area (Å²) in [6.07, 6.45) is 5.35. The third-order valence-corrected chi connectivity index (χ3v) is 5.09. The highest BCUT2D eigenvalue weighted by atomic mass is 16.3. The van der Waals surface area contributed by atoms with Crippen molar-refractivity contribution < 1.29 is 9.90 Å². The van der Waals surface area contributed by atoms with Gasteiger partial charge in [-0.3, -0.25) is 14.4 Å². The van der Waals surface area contributed by atoms with Crippen LogP contribution in [0.5, 0.6) is 0 Å². The van der Waals surface area contributed by atoms with E-state index in [1.807, 2.05) is 44.4 Å². The molecular formula is C20H28N4O2. The van der Waals surface area contributed by atoms with Crippen LogP contribution in [0.25, 0.3) is 11.1 Å². The molecule has 0 bridgehead atoms. The van der Waals surface area contributed by atoms with Gasteiger partial charge in [0.25, 0.3) is 5.91 Å². The topological polar surface area (TPSA) is 70.4 Å². The van der Waals surface area contributed by atoms with Crippen molar-refractivity contribution in [3.8, 4) is 11.1 Å². The first-order valence-electron chi connectivity index (χ1n) is 9.32. The summed E-state index contributed by atoms with van der Waals surface area (Å²) in [6.45, 7) is 4.53. The second-order valence-electron chi connectivity index (χ2n) is 7.01. The molecular weight excluding hydrogens is 328 g/mol. The van der Waals surface area contributed by atoms with E-state index in [9.17, 15) is 9.90 Å². The van der Waals surface area contributed by atoms with Crippen molar-refractivity contribution in [1.29, 1.82) is 0 Å². The fourth-order valence-electron chi connectivity index (χ4n) is 3.69. The van der Waals surface area contributed by atoms with E-state index in [1.54, 1.807) is 4.68 Å². The fourth-order valence-corrected chi connectivity index (χ4v) is 3.69. The zero-order valence-corrected chi connectivity index (χ0v) is 15.6. The Morgan fingerprint density at radius 3 is 2.96 bits per heavy atom. The number of nitrogens with one attached hydrogen (secondary N) is 1. The number of benzene rings is 1. The molecule has 26 heavy (non-hydrogen) atoms. The lowest BCUT2D eigenvalue weighted by molar-refractivity contribution is 0.0849. The van der Waals surface area contributed by atoms with E-state index < -0.39 is 0 Å². The van der Waals surface area contributed by atoms with Crippen LogP contribution in [0.1, 0.15) is 35.3 Å². The molecule has 1 saturated heterocycles. The molecule has 2 aromatic rings. The largest absolute Gasteiger partial charge is 0.395 e. The molecule has 1 aliphatic rings. The summed E-state index contributed by atoms with van der Waals surface area (Å²) in [5, 5.41) is 16.8. The minimum Gasteiger partial charge on any atom is -0.395 e. The van der Waals surface area contributed by atoms with Gasteiger partial charge in [0, 0.05) is 43.5 Å². The van der Waals surface area contributed by atoms with E-state index in [4.69, 9.17) is 0 Å². The van der Waals surface area contributed by atoms with E-state index in [-0.39, 0.29) is 18.6 Å². The van der Waals surface area contributed by atoms with Gasteiger partial charge in [-0.05, 0) is 44.0 Å². The van der Waals surface area contributed by atoms with Crippen LogP contribution in [0.4, 0.5) is 0 Å². The third kappa shape index (κ3) is 4.31. The summed E-state index contributed by atoms with van der Waals surface area (Å²) in [5.41, 5.74) is 3.65. The number of aliphatic hydroxyl groups excluding tert-OH is 1. The van der Waals surface area contributed by atoms with Crippen LogP contribution in [-0.4, -0.2) is 58.0 Å². The van der Waals surface area contributed by atoms with E-state index in [0.717, 1.165) is 42.8 Å². The van der Waals surface area contributed by atoms with E-state index in [1.165, 1.54) is 6.42 Å². The molecule has 2 heterocycles. The van der Waals surface area contributed by atoms with Crippen LogP contribution in [-0.2, 0) is 7.05 Å². The maximum Gasteiger partial charge on any atom is 0.251 e. The number of hydrogen-bond donors (Lipinski definition) is 2. The number of carbonyl (C=O) groups is 1. The van der Waals surface area contributed by atoms with Crippen LogP contribution in [0.15, 0.2) is 30.5 Å². The van der Waals surface area contributed by atoms with Crippen molar-refractivity contribution in [1.82, 2.24) is 20.0 Å². The summed E-state index contributed by atoms with van der Waals surface area (Å²) in [6, 6.07) is 7.89. The zero-order valence-electron chi connectivity index (χ0n) is 15.6. The van der Waals surface area contributed by atoms with Gasteiger partial charge in [0.15, 0.2) is 0 Å². The maximum atomic E-state index is 12.5. The van der Waals surface area contributed by atoms with E-state index >= 15 is 0 Å².